The summed E-state index contributed by atoms with van der Waals surface area (Å²) in [4.78, 5) is 8.43. The fourth-order valence-corrected chi connectivity index (χ4v) is 2.69. The van der Waals surface area contributed by atoms with Gasteiger partial charge >= 0.3 is 0 Å². The van der Waals surface area contributed by atoms with Gasteiger partial charge in [-0.05, 0) is 47.2 Å². The molecule has 1 aromatic rings. The summed E-state index contributed by atoms with van der Waals surface area (Å²) in [7, 11) is 0. The van der Waals surface area contributed by atoms with Crippen molar-refractivity contribution in [3.8, 4) is 0 Å². The third-order valence-electron chi connectivity index (χ3n) is 3.51. The molecule has 1 heterocycles. The van der Waals surface area contributed by atoms with E-state index in [2.05, 4.69) is 31.2 Å². The molecule has 0 saturated heterocycles. The van der Waals surface area contributed by atoms with Crippen LogP contribution in [0.25, 0.3) is 0 Å². The van der Waals surface area contributed by atoms with Crippen molar-refractivity contribution in [1.82, 2.24) is 9.97 Å². The second-order valence-corrected chi connectivity index (χ2v) is 5.56. The van der Waals surface area contributed by atoms with Crippen LogP contribution in [0, 0.1) is 11.8 Å². The molecular formula is C12H19BrN4. The normalized spacial score (nSPS) is 24.6. The Morgan fingerprint density at radius 3 is 2.53 bits per heavy atom. The van der Waals surface area contributed by atoms with Crippen LogP contribution in [-0.4, -0.2) is 23.1 Å². The summed E-state index contributed by atoms with van der Waals surface area (Å²) in [6.45, 7) is 1.73. The summed E-state index contributed by atoms with van der Waals surface area (Å²) >= 11 is 3.32. The smallest absolute Gasteiger partial charge is 0.222 e. The average Bonchev–Trinajstić information content (AvgIpc) is 2.38. The van der Waals surface area contributed by atoms with Crippen molar-refractivity contribution in [1.29, 1.82) is 0 Å². The SMILES string of the molecule is NCC1CCCCC1CNc1ncc(Br)cn1. The Labute approximate surface area is 111 Å². The number of nitrogens with one attached hydrogen (secondary N) is 1. The minimum Gasteiger partial charge on any atom is -0.354 e. The van der Waals surface area contributed by atoms with E-state index in [9.17, 15) is 0 Å². The van der Waals surface area contributed by atoms with Crippen LogP contribution in [0.5, 0.6) is 0 Å². The van der Waals surface area contributed by atoms with Gasteiger partial charge in [-0.25, -0.2) is 9.97 Å². The molecule has 1 saturated carbocycles. The first-order valence-electron chi connectivity index (χ1n) is 6.21. The summed E-state index contributed by atoms with van der Waals surface area (Å²) in [5.74, 6) is 2.03. The highest BCUT2D eigenvalue weighted by molar-refractivity contribution is 9.10. The number of nitrogens with zero attached hydrogens (tertiary/aromatic N) is 2. The van der Waals surface area contributed by atoms with E-state index in [0.29, 0.717) is 17.8 Å². The Kier molecular flexibility index (Phi) is 4.74. The van der Waals surface area contributed by atoms with Gasteiger partial charge in [0.2, 0.25) is 5.95 Å². The highest BCUT2D eigenvalue weighted by Crippen LogP contribution is 2.29. The van der Waals surface area contributed by atoms with Crippen LogP contribution in [0.2, 0.25) is 0 Å². The first-order valence-corrected chi connectivity index (χ1v) is 7.00. The Morgan fingerprint density at radius 1 is 1.24 bits per heavy atom. The lowest BCUT2D eigenvalue weighted by molar-refractivity contribution is 0.255. The maximum atomic E-state index is 5.82. The summed E-state index contributed by atoms with van der Waals surface area (Å²) in [5, 5.41) is 3.31. The third-order valence-corrected chi connectivity index (χ3v) is 3.92. The molecule has 1 aliphatic carbocycles. The molecule has 0 spiro atoms. The lowest BCUT2D eigenvalue weighted by Crippen LogP contribution is -2.31. The molecule has 94 valence electrons. The largest absolute Gasteiger partial charge is 0.354 e. The molecule has 2 atom stereocenters. The van der Waals surface area contributed by atoms with Crippen molar-refractivity contribution < 1.29 is 0 Å². The number of hydrogen-bond donors (Lipinski definition) is 2. The van der Waals surface area contributed by atoms with Gasteiger partial charge in [-0.15, -0.1) is 0 Å². The molecular weight excluding hydrogens is 280 g/mol. The zero-order valence-electron chi connectivity index (χ0n) is 9.90. The highest BCUT2D eigenvalue weighted by atomic mass is 79.9. The van der Waals surface area contributed by atoms with Crippen molar-refractivity contribution >= 4 is 21.9 Å². The van der Waals surface area contributed by atoms with Gasteiger partial charge in [0, 0.05) is 18.9 Å². The van der Waals surface area contributed by atoms with Gasteiger partial charge < -0.3 is 11.1 Å². The maximum absolute atomic E-state index is 5.82. The lowest BCUT2D eigenvalue weighted by atomic mass is 9.79. The topological polar surface area (TPSA) is 63.8 Å². The zero-order chi connectivity index (χ0) is 12.1. The Morgan fingerprint density at radius 2 is 1.88 bits per heavy atom. The summed E-state index contributed by atoms with van der Waals surface area (Å²) < 4.78 is 0.903. The van der Waals surface area contributed by atoms with Gasteiger partial charge in [0.1, 0.15) is 0 Å². The van der Waals surface area contributed by atoms with Gasteiger partial charge in [-0.2, -0.15) is 0 Å². The van der Waals surface area contributed by atoms with Crippen LogP contribution in [-0.2, 0) is 0 Å². The molecule has 0 bridgehead atoms. The van der Waals surface area contributed by atoms with Gasteiger partial charge in [-0.1, -0.05) is 12.8 Å². The zero-order valence-corrected chi connectivity index (χ0v) is 11.5. The molecule has 1 aromatic heterocycles. The number of anilines is 1. The average molecular weight is 299 g/mol. The molecule has 17 heavy (non-hydrogen) atoms. The fourth-order valence-electron chi connectivity index (χ4n) is 2.49. The molecule has 2 unspecified atom stereocenters. The number of hydrogen-bond acceptors (Lipinski definition) is 4. The molecule has 5 heteroatoms. The Bertz CT molecular complexity index is 341. The van der Waals surface area contributed by atoms with Crippen LogP contribution in [0.1, 0.15) is 25.7 Å². The van der Waals surface area contributed by atoms with Crippen molar-refractivity contribution in [2.24, 2.45) is 17.6 Å². The van der Waals surface area contributed by atoms with Crippen LogP contribution in [0.4, 0.5) is 5.95 Å². The lowest BCUT2D eigenvalue weighted by Gasteiger charge is -2.30. The highest BCUT2D eigenvalue weighted by Gasteiger charge is 2.23. The third kappa shape index (κ3) is 3.64. The molecule has 1 aliphatic rings. The maximum Gasteiger partial charge on any atom is 0.222 e. The second kappa shape index (κ2) is 6.31. The van der Waals surface area contributed by atoms with Crippen molar-refractivity contribution in [2.75, 3.05) is 18.4 Å². The van der Waals surface area contributed by atoms with Gasteiger partial charge in [0.15, 0.2) is 0 Å². The molecule has 0 radical (unpaired) electrons. The molecule has 3 N–H and O–H groups in total. The molecule has 1 fully saturated rings. The predicted molar refractivity (Wildman–Crippen MR) is 72.7 cm³/mol. The quantitative estimate of drug-likeness (QED) is 0.896. The summed E-state index contributed by atoms with van der Waals surface area (Å²) in [5.41, 5.74) is 5.82. The minimum atomic E-state index is 0.659. The van der Waals surface area contributed by atoms with E-state index < -0.39 is 0 Å². The number of nitrogens with two attached hydrogens (primary N) is 1. The summed E-state index contributed by atoms with van der Waals surface area (Å²) in [6, 6.07) is 0. The van der Waals surface area contributed by atoms with E-state index in [1.807, 2.05) is 0 Å². The van der Waals surface area contributed by atoms with E-state index in [1.54, 1.807) is 12.4 Å². The number of halogens is 1. The van der Waals surface area contributed by atoms with Gasteiger partial charge in [0.05, 0.1) is 4.47 Å². The Hall–Kier alpha value is -0.680. The Balaban J connectivity index is 1.86. The number of rotatable bonds is 4. The minimum absolute atomic E-state index is 0.659. The van der Waals surface area contributed by atoms with E-state index in [1.165, 1.54) is 25.7 Å². The van der Waals surface area contributed by atoms with Crippen LogP contribution in [0.15, 0.2) is 16.9 Å². The fraction of sp³-hybridized carbons (Fsp3) is 0.667. The standard InChI is InChI=1S/C12H19BrN4/c13-11-7-16-12(17-8-11)15-6-10-4-2-1-3-9(10)5-14/h7-10H,1-6,14H2,(H,15,16,17). The predicted octanol–water partition coefficient (Wildman–Crippen LogP) is 2.42. The number of aromatic nitrogens is 2. The van der Waals surface area contributed by atoms with Crippen molar-refractivity contribution in [2.45, 2.75) is 25.7 Å². The molecule has 0 aromatic carbocycles. The summed E-state index contributed by atoms with van der Waals surface area (Å²) in [6.07, 6.45) is 8.71. The van der Waals surface area contributed by atoms with Crippen LogP contribution < -0.4 is 11.1 Å². The van der Waals surface area contributed by atoms with E-state index in [4.69, 9.17) is 5.73 Å². The van der Waals surface area contributed by atoms with E-state index >= 15 is 0 Å². The van der Waals surface area contributed by atoms with E-state index in [-0.39, 0.29) is 0 Å². The van der Waals surface area contributed by atoms with Gasteiger partial charge in [-0.3, -0.25) is 0 Å². The molecule has 0 aliphatic heterocycles. The van der Waals surface area contributed by atoms with Crippen molar-refractivity contribution in [3.05, 3.63) is 16.9 Å². The first kappa shape index (κ1) is 12.8. The van der Waals surface area contributed by atoms with Crippen molar-refractivity contribution in [3.63, 3.8) is 0 Å². The second-order valence-electron chi connectivity index (χ2n) is 4.65. The molecule has 0 amide bonds. The van der Waals surface area contributed by atoms with Gasteiger partial charge in [0.25, 0.3) is 0 Å². The monoisotopic (exact) mass is 298 g/mol. The molecule has 2 rings (SSSR count). The van der Waals surface area contributed by atoms with Crippen LogP contribution in [0.3, 0.4) is 0 Å². The van der Waals surface area contributed by atoms with Crippen LogP contribution >= 0.6 is 15.9 Å². The molecule has 4 nitrogen and oxygen atoms in total. The van der Waals surface area contributed by atoms with E-state index in [0.717, 1.165) is 17.6 Å². The first-order chi connectivity index (χ1) is 8.29.